The van der Waals surface area contributed by atoms with Crippen LogP contribution in [0.2, 0.25) is 0 Å². The molecule has 6 amide bonds. The molecule has 0 bridgehead atoms. The fourth-order valence-corrected chi connectivity index (χ4v) is 6.57. The van der Waals surface area contributed by atoms with Gasteiger partial charge in [0, 0.05) is 24.6 Å². The molecular weight excluding hydrogens is 736 g/mol. The number of benzene rings is 1. The number of urea groups is 1. The summed E-state index contributed by atoms with van der Waals surface area (Å²) in [5.74, 6) is -0.740. The van der Waals surface area contributed by atoms with E-state index in [0.29, 0.717) is 44.4 Å². The number of carbonyl (C=O) groups excluding carboxylic acids is 7. The summed E-state index contributed by atoms with van der Waals surface area (Å²) in [7, 11) is 1.89. The van der Waals surface area contributed by atoms with Gasteiger partial charge in [0.25, 0.3) is 0 Å². The van der Waals surface area contributed by atoms with Crippen LogP contribution in [0.5, 0.6) is 0 Å². The number of primary amides is 1. The highest BCUT2D eigenvalue weighted by atomic mass is 16.5. The number of hydrogen-bond donors (Lipinski definition) is 4. The van der Waals surface area contributed by atoms with E-state index in [1.54, 1.807) is 22.8 Å². The predicted molar refractivity (Wildman–Crippen MR) is 212 cm³/mol. The van der Waals surface area contributed by atoms with Gasteiger partial charge in [-0.2, -0.15) is 0 Å². The van der Waals surface area contributed by atoms with Crippen LogP contribution in [0.25, 0.3) is 0 Å². The van der Waals surface area contributed by atoms with Crippen LogP contribution in [-0.4, -0.2) is 126 Å². The number of aryl methyl sites for hydroxylation is 1. The molecule has 3 aliphatic heterocycles. The van der Waals surface area contributed by atoms with Crippen molar-refractivity contribution in [2.45, 2.75) is 116 Å². The van der Waals surface area contributed by atoms with Crippen molar-refractivity contribution in [2.75, 3.05) is 45.2 Å². The van der Waals surface area contributed by atoms with E-state index in [-0.39, 0.29) is 60.5 Å². The summed E-state index contributed by atoms with van der Waals surface area (Å²) in [6.07, 6.45) is 5.83. The summed E-state index contributed by atoms with van der Waals surface area (Å²) >= 11 is 0. The lowest BCUT2D eigenvalue weighted by Gasteiger charge is -2.38. The maximum absolute atomic E-state index is 13.4. The molecule has 5 rings (SSSR count). The molecule has 17 heteroatoms. The zero-order chi connectivity index (χ0) is 42.1. The number of nitrogens with one attached hydrogen (secondary N) is 3. The van der Waals surface area contributed by atoms with Gasteiger partial charge in [0.1, 0.15) is 36.8 Å². The van der Waals surface area contributed by atoms with Crippen molar-refractivity contribution in [3.8, 4) is 0 Å². The predicted octanol–water partition coefficient (Wildman–Crippen LogP) is 2.66. The Bertz CT molecular complexity index is 1660. The average molecular weight is 797 g/mol. The van der Waals surface area contributed by atoms with Gasteiger partial charge in [-0.15, -0.1) is 0 Å². The van der Waals surface area contributed by atoms with Gasteiger partial charge in [-0.3, -0.25) is 34.2 Å². The number of hydrogen-bond acceptors (Lipinski definition) is 11. The van der Waals surface area contributed by atoms with Gasteiger partial charge in [0.15, 0.2) is 5.82 Å². The molecule has 4 heterocycles. The summed E-state index contributed by atoms with van der Waals surface area (Å²) in [5, 5.41) is 11.0. The summed E-state index contributed by atoms with van der Waals surface area (Å²) < 4.78 is 10.4. The van der Waals surface area contributed by atoms with Gasteiger partial charge in [0.05, 0.1) is 19.0 Å². The number of carbonyl (C=O) groups is 7. The van der Waals surface area contributed by atoms with Crippen molar-refractivity contribution < 1.29 is 42.8 Å². The highest BCUT2D eigenvalue weighted by Gasteiger charge is 2.41. The Hall–Kier alpha value is -5.32. The Kier molecular flexibility index (Phi) is 18.1. The molecule has 0 spiro atoms. The first-order chi connectivity index (χ1) is 27.0. The topological polar surface area (TPSA) is 227 Å². The minimum absolute atomic E-state index is 0.00224. The maximum atomic E-state index is 13.4. The molecule has 3 saturated heterocycles. The molecule has 1 aromatic heterocycles. The largest absolute Gasteiger partial charge is 0.464 e. The van der Waals surface area contributed by atoms with Crippen LogP contribution in [0, 0.1) is 6.92 Å². The second kappa shape index (κ2) is 22.4. The second-order valence-electron chi connectivity index (χ2n) is 15.5. The molecule has 57 heavy (non-hydrogen) atoms. The number of aromatic nitrogens is 1. The van der Waals surface area contributed by atoms with Crippen LogP contribution in [0.15, 0.2) is 40.9 Å². The Morgan fingerprint density at radius 1 is 0.947 bits per heavy atom. The number of piperidine rings is 1. The van der Waals surface area contributed by atoms with Crippen molar-refractivity contribution in [2.24, 2.45) is 5.73 Å². The number of nitrogens with two attached hydrogens (primary N) is 1. The van der Waals surface area contributed by atoms with E-state index < -0.39 is 30.1 Å². The van der Waals surface area contributed by atoms with E-state index in [9.17, 15) is 33.6 Å². The lowest BCUT2D eigenvalue weighted by molar-refractivity contribution is -0.152. The molecule has 3 fully saturated rings. The van der Waals surface area contributed by atoms with Crippen molar-refractivity contribution in [1.82, 2.24) is 30.5 Å². The van der Waals surface area contributed by atoms with Crippen LogP contribution in [0.4, 0.5) is 10.6 Å². The Balaban J connectivity index is 0.000000298. The monoisotopic (exact) mass is 796 g/mol. The van der Waals surface area contributed by atoms with Crippen LogP contribution >= 0.6 is 0 Å². The molecule has 4 unspecified atom stereocenters. The third-order valence-electron chi connectivity index (χ3n) is 9.73. The van der Waals surface area contributed by atoms with Crippen molar-refractivity contribution in [3.63, 3.8) is 0 Å². The number of aldehydes is 1. The molecule has 5 N–H and O–H groups in total. The SMILES string of the molecule is CC(C)(C)c1cc(NC(=O)NCC(N)=O)no1.CC(C=O)NC(=O)C1CCCCN1C(=O)C1CCCN1C(=O)CCOC(=O)C1CCCN1C.Cc1ccccc1. The molecule has 2 aromatic rings. The zero-order valence-electron chi connectivity index (χ0n) is 34.1. The third kappa shape index (κ3) is 14.9. The Morgan fingerprint density at radius 3 is 2.18 bits per heavy atom. The average Bonchev–Trinajstić information content (AvgIpc) is 3.96. The normalized spacial score (nSPS) is 19.8. The van der Waals surface area contributed by atoms with Crippen LogP contribution in [0.1, 0.15) is 90.4 Å². The van der Waals surface area contributed by atoms with Crippen molar-refractivity contribution in [3.05, 3.63) is 47.7 Å². The molecule has 314 valence electrons. The lowest BCUT2D eigenvalue weighted by Crippen LogP contribution is -2.57. The van der Waals surface area contributed by atoms with E-state index in [1.807, 2.05) is 50.9 Å². The third-order valence-corrected chi connectivity index (χ3v) is 9.73. The highest BCUT2D eigenvalue weighted by Crippen LogP contribution is 2.26. The summed E-state index contributed by atoms with van der Waals surface area (Å²) in [6, 6.07) is 9.23. The van der Waals surface area contributed by atoms with Gasteiger partial charge in [-0.05, 0) is 72.4 Å². The minimum atomic E-state index is -0.629. The van der Waals surface area contributed by atoms with E-state index in [4.69, 9.17) is 15.0 Å². The van der Waals surface area contributed by atoms with E-state index >= 15 is 0 Å². The Morgan fingerprint density at radius 2 is 1.60 bits per heavy atom. The first kappa shape index (κ1) is 46.1. The van der Waals surface area contributed by atoms with Crippen LogP contribution < -0.4 is 21.7 Å². The fourth-order valence-electron chi connectivity index (χ4n) is 6.57. The number of nitrogens with zero attached hydrogens (tertiary/aromatic N) is 4. The zero-order valence-corrected chi connectivity index (χ0v) is 34.1. The minimum Gasteiger partial charge on any atom is -0.464 e. The van der Waals surface area contributed by atoms with Gasteiger partial charge < -0.3 is 40.2 Å². The summed E-state index contributed by atoms with van der Waals surface area (Å²) in [6.45, 7) is 11.1. The number of likely N-dealkylation sites (N-methyl/N-ethyl adjacent to an activating group) is 1. The van der Waals surface area contributed by atoms with Gasteiger partial charge in [0.2, 0.25) is 23.6 Å². The molecule has 0 aliphatic carbocycles. The lowest BCUT2D eigenvalue weighted by atomic mass is 9.93. The van der Waals surface area contributed by atoms with Crippen LogP contribution in [0.3, 0.4) is 0 Å². The fraction of sp³-hybridized carbons (Fsp3) is 0.600. The number of rotatable bonds is 11. The number of ether oxygens (including phenoxy) is 1. The second-order valence-corrected chi connectivity index (χ2v) is 15.5. The van der Waals surface area contributed by atoms with E-state index in [0.717, 1.165) is 32.2 Å². The summed E-state index contributed by atoms with van der Waals surface area (Å²) in [4.78, 5) is 88.8. The molecule has 1 aromatic carbocycles. The van der Waals surface area contributed by atoms with E-state index in [2.05, 4.69) is 40.2 Å². The molecule has 17 nitrogen and oxygen atoms in total. The molecule has 0 saturated carbocycles. The van der Waals surface area contributed by atoms with Crippen LogP contribution in [-0.2, 0) is 38.9 Å². The number of anilines is 1. The van der Waals surface area contributed by atoms with Crippen molar-refractivity contribution >= 4 is 47.7 Å². The van der Waals surface area contributed by atoms with Gasteiger partial charge in [-0.1, -0.05) is 61.8 Å². The van der Waals surface area contributed by atoms with E-state index in [1.165, 1.54) is 5.56 Å². The van der Waals surface area contributed by atoms with Crippen molar-refractivity contribution in [1.29, 1.82) is 0 Å². The number of amides is 6. The first-order valence-electron chi connectivity index (χ1n) is 19.6. The highest BCUT2D eigenvalue weighted by molar-refractivity contribution is 5.93. The van der Waals surface area contributed by atoms with Gasteiger partial charge >= 0.3 is 12.0 Å². The molecule has 3 aliphatic rings. The number of esters is 1. The first-order valence-corrected chi connectivity index (χ1v) is 19.6. The molecule has 4 atom stereocenters. The Labute approximate surface area is 334 Å². The van der Waals surface area contributed by atoms with Gasteiger partial charge in [-0.25, -0.2) is 4.79 Å². The smallest absolute Gasteiger partial charge is 0.323 e. The number of likely N-dealkylation sites (tertiary alicyclic amines) is 3. The summed E-state index contributed by atoms with van der Waals surface area (Å²) in [5.41, 5.74) is 6.02. The standard InChI is InChI=1S/C23H36N4O6.C10H16N4O3.C7H8/c1-16(15-28)24-21(30)17-7-3-4-12-27(17)22(31)18-8-6-13-26(18)20(29)10-14-33-23(32)19-9-5-11-25(19)2;1-10(2,3)6-4-8(14-17-6)13-9(16)12-5-7(11)15;1-7-5-3-2-4-6-7/h15-19H,3-14H2,1-2H3,(H,24,30);4H,5H2,1-3H3,(H2,11,15)(H2,12,13,14,16);2-6H,1H3. The molecular formula is C40H60N8O9. The molecule has 0 radical (unpaired) electrons. The quantitative estimate of drug-likeness (QED) is 0.191. The maximum Gasteiger partial charge on any atom is 0.323 e.